The number of carboxylic acid groups (broad SMARTS) is 1. The number of aliphatic carboxylic acids is 1. The molecule has 0 radical (unpaired) electrons. The van der Waals surface area contributed by atoms with E-state index in [1.807, 2.05) is 0 Å². The van der Waals surface area contributed by atoms with E-state index in [0.29, 0.717) is 19.3 Å². The monoisotopic (exact) mass is 317 g/mol. The molecule has 10 heteroatoms. The second-order valence-corrected chi connectivity index (χ2v) is 6.97. The summed E-state index contributed by atoms with van der Waals surface area (Å²) in [6, 6.07) is 0. The van der Waals surface area contributed by atoms with Crippen LogP contribution in [0.2, 0.25) is 0 Å². The van der Waals surface area contributed by atoms with Crippen LogP contribution in [0.1, 0.15) is 10.6 Å². The minimum absolute atomic E-state index is 0.0264. The van der Waals surface area contributed by atoms with Crippen molar-refractivity contribution < 1.29 is 14.8 Å². The van der Waals surface area contributed by atoms with Crippen molar-refractivity contribution in [3.63, 3.8) is 0 Å². The van der Waals surface area contributed by atoms with Crippen molar-refractivity contribution in [2.24, 2.45) is 0 Å². The molecule has 2 rings (SSSR count). The van der Waals surface area contributed by atoms with Crippen LogP contribution in [-0.4, -0.2) is 26.0 Å². The number of rotatable bonds is 5. The Labute approximate surface area is 119 Å². The maximum Gasteiger partial charge on any atom is 0.344 e. The lowest BCUT2D eigenvalue weighted by molar-refractivity contribution is -0.380. The molecular weight excluding hydrogens is 310 g/mol. The van der Waals surface area contributed by atoms with Crippen LogP contribution < -0.4 is 0 Å². The summed E-state index contributed by atoms with van der Waals surface area (Å²) in [5.74, 6) is -0.909. The zero-order valence-electron chi connectivity index (χ0n) is 9.52. The highest BCUT2D eigenvalue weighted by molar-refractivity contribution is 8.02. The molecule has 0 fully saturated rings. The minimum Gasteiger partial charge on any atom is -0.481 e. The predicted octanol–water partition coefficient (Wildman–Crippen LogP) is 2.59. The van der Waals surface area contributed by atoms with Crippen LogP contribution in [-0.2, 0) is 11.2 Å². The Morgan fingerprint density at radius 1 is 1.53 bits per heavy atom. The number of hydrogen-bond donors (Lipinski definition) is 1. The maximum absolute atomic E-state index is 10.7. The molecule has 7 nitrogen and oxygen atoms in total. The second-order valence-electron chi connectivity index (χ2n) is 3.38. The van der Waals surface area contributed by atoms with E-state index in [0.717, 1.165) is 11.3 Å². The number of nitro groups is 1. The van der Waals surface area contributed by atoms with Crippen LogP contribution in [0.3, 0.4) is 0 Å². The number of carboxylic acids is 1. The smallest absolute Gasteiger partial charge is 0.344 e. The van der Waals surface area contributed by atoms with Gasteiger partial charge < -0.3 is 5.11 Å². The van der Waals surface area contributed by atoms with Crippen molar-refractivity contribution in [2.75, 3.05) is 0 Å². The molecule has 2 aromatic rings. The van der Waals surface area contributed by atoms with E-state index in [1.54, 1.807) is 6.92 Å². The van der Waals surface area contributed by atoms with Gasteiger partial charge in [-0.15, -0.1) is 11.3 Å². The number of hydrogen-bond acceptors (Lipinski definition) is 8. The fourth-order valence-corrected chi connectivity index (χ4v) is 4.41. The van der Waals surface area contributed by atoms with Crippen molar-refractivity contribution in [3.05, 3.63) is 26.9 Å². The first-order valence-corrected chi connectivity index (χ1v) is 7.37. The summed E-state index contributed by atoms with van der Waals surface area (Å²) in [4.78, 5) is 29.5. The molecule has 1 N–H and O–H groups in total. The average Bonchev–Trinajstić information content (AvgIpc) is 2.87. The highest BCUT2D eigenvalue weighted by atomic mass is 32.2. The third-order valence-corrected chi connectivity index (χ3v) is 5.25. The van der Waals surface area contributed by atoms with E-state index >= 15 is 0 Å². The molecule has 0 saturated heterocycles. The van der Waals surface area contributed by atoms with Gasteiger partial charge in [-0.3, -0.25) is 14.9 Å². The van der Waals surface area contributed by atoms with Gasteiger partial charge in [-0.25, -0.2) is 9.97 Å². The van der Waals surface area contributed by atoms with E-state index in [1.165, 1.54) is 29.3 Å². The molecule has 2 heterocycles. The van der Waals surface area contributed by atoms with Crippen molar-refractivity contribution in [3.8, 4) is 0 Å². The lowest BCUT2D eigenvalue weighted by Gasteiger charge is -1.89. The molecule has 0 aliphatic heterocycles. The van der Waals surface area contributed by atoms with E-state index in [4.69, 9.17) is 5.11 Å². The number of aromatic nitrogens is 2. The molecule has 0 aliphatic rings. The molecule has 0 aliphatic carbocycles. The summed E-state index contributed by atoms with van der Waals surface area (Å²) in [6.45, 7) is 1.74. The van der Waals surface area contributed by atoms with Gasteiger partial charge in [0.15, 0.2) is 8.68 Å². The lowest BCUT2D eigenvalue weighted by Crippen LogP contribution is -1.99. The predicted molar refractivity (Wildman–Crippen MR) is 71.1 cm³/mol. The molecule has 0 spiro atoms. The van der Waals surface area contributed by atoms with Crippen molar-refractivity contribution in [1.82, 2.24) is 9.97 Å². The fraction of sp³-hybridized carbons (Fsp3) is 0.222. The molecule has 0 atom stereocenters. The highest BCUT2D eigenvalue weighted by Crippen LogP contribution is 2.37. The van der Waals surface area contributed by atoms with Gasteiger partial charge in [0, 0.05) is 4.88 Å². The number of aryl methyl sites for hydroxylation is 1. The zero-order valence-corrected chi connectivity index (χ0v) is 12.0. The van der Waals surface area contributed by atoms with Crippen molar-refractivity contribution in [1.29, 1.82) is 0 Å². The topological polar surface area (TPSA) is 106 Å². The van der Waals surface area contributed by atoms with Crippen LogP contribution in [0.25, 0.3) is 0 Å². The van der Waals surface area contributed by atoms with Crippen LogP contribution >= 0.6 is 34.4 Å². The Kier molecular flexibility index (Phi) is 4.12. The van der Waals surface area contributed by atoms with Gasteiger partial charge in [-0.05, 0) is 30.0 Å². The largest absolute Gasteiger partial charge is 0.481 e. The number of carbonyl (C=O) groups is 1. The fourth-order valence-electron chi connectivity index (χ4n) is 1.20. The Hall–Kier alpha value is -1.52. The molecular formula is C9H7N3O4S3. The third-order valence-electron chi connectivity index (χ3n) is 2.01. The Balaban J connectivity index is 2.14. The summed E-state index contributed by atoms with van der Waals surface area (Å²) in [7, 11) is 0. The van der Waals surface area contributed by atoms with Crippen LogP contribution in [0.4, 0.5) is 5.00 Å². The molecule has 0 aromatic carbocycles. The first-order chi connectivity index (χ1) is 8.95. The van der Waals surface area contributed by atoms with Gasteiger partial charge in [0.05, 0.1) is 17.0 Å². The standard InChI is InChI=1S/C9H7N3O4S3/c1-4-5(2-7(13)14)17-9(11-4)19-8-10-3-6(18-8)12(15)16/h3H,2H2,1H3,(H,13,14). The third kappa shape index (κ3) is 3.49. The second kappa shape index (κ2) is 5.63. The molecule has 0 bridgehead atoms. The van der Waals surface area contributed by atoms with Crippen LogP contribution in [0.15, 0.2) is 14.9 Å². The molecule has 0 unspecified atom stereocenters. The summed E-state index contributed by atoms with van der Waals surface area (Å²) < 4.78 is 1.15. The first-order valence-electron chi connectivity index (χ1n) is 4.92. The molecule has 0 amide bonds. The van der Waals surface area contributed by atoms with Gasteiger partial charge >= 0.3 is 11.0 Å². The van der Waals surface area contributed by atoms with E-state index < -0.39 is 10.9 Å². The first kappa shape index (κ1) is 13.9. The average molecular weight is 317 g/mol. The van der Waals surface area contributed by atoms with E-state index in [9.17, 15) is 14.9 Å². The number of nitrogens with zero attached hydrogens (tertiary/aromatic N) is 3. The van der Waals surface area contributed by atoms with Crippen molar-refractivity contribution in [2.45, 2.75) is 22.0 Å². The Morgan fingerprint density at radius 2 is 2.26 bits per heavy atom. The summed E-state index contributed by atoms with van der Waals surface area (Å²) in [5.41, 5.74) is 0.668. The summed E-state index contributed by atoms with van der Waals surface area (Å²) in [5, 5.41) is 19.2. The Bertz CT molecular complexity index is 636. The molecule has 0 saturated carbocycles. The van der Waals surface area contributed by atoms with Gasteiger partial charge in [0.1, 0.15) is 6.20 Å². The van der Waals surface area contributed by atoms with Gasteiger partial charge in [0.25, 0.3) is 0 Å². The maximum atomic E-state index is 10.7. The summed E-state index contributed by atoms with van der Waals surface area (Å²) in [6.07, 6.45) is 1.13. The molecule has 19 heavy (non-hydrogen) atoms. The molecule has 2 aromatic heterocycles. The Morgan fingerprint density at radius 3 is 2.84 bits per heavy atom. The SMILES string of the molecule is Cc1nc(Sc2ncc([N+](=O)[O-])s2)sc1CC(=O)O. The van der Waals surface area contributed by atoms with Gasteiger partial charge in [0.2, 0.25) is 0 Å². The van der Waals surface area contributed by atoms with E-state index in [2.05, 4.69) is 9.97 Å². The number of thiazole rings is 2. The summed E-state index contributed by atoms with van der Waals surface area (Å²) >= 11 is 3.44. The quantitative estimate of drug-likeness (QED) is 0.667. The normalized spacial score (nSPS) is 10.6. The van der Waals surface area contributed by atoms with Crippen molar-refractivity contribution >= 4 is 45.4 Å². The van der Waals surface area contributed by atoms with Crippen LogP contribution in [0, 0.1) is 17.0 Å². The van der Waals surface area contributed by atoms with Crippen LogP contribution in [0.5, 0.6) is 0 Å². The lowest BCUT2D eigenvalue weighted by atomic mass is 10.3. The van der Waals surface area contributed by atoms with Gasteiger partial charge in [-0.2, -0.15) is 0 Å². The zero-order chi connectivity index (χ0) is 14.0. The molecule has 100 valence electrons. The minimum atomic E-state index is -0.909. The van der Waals surface area contributed by atoms with Gasteiger partial charge in [-0.1, -0.05) is 0 Å². The highest BCUT2D eigenvalue weighted by Gasteiger charge is 2.16. The van der Waals surface area contributed by atoms with E-state index in [-0.39, 0.29) is 11.4 Å².